The molecule has 10 heteroatoms. The largest absolute Gasteiger partial charge is 0.337 e. The van der Waals surface area contributed by atoms with Crippen molar-refractivity contribution >= 4 is 44.8 Å². The summed E-state index contributed by atoms with van der Waals surface area (Å²) in [7, 11) is -3.66. The number of benzene rings is 2. The number of nitrogens with one attached hydrogen (secondary N) is 1. The van der Waals surface area contributed by atoms with Gasteiger partial charge in [-0.3, -0.25) is 14.3 Å². The third-order valence-corrected chi connectivity index (χ3v) is 7.04. The molecule has 0 saturated heterocycles. The van der Waals surface area contributed by atoms with Gasteiger partial charge in [-0.2, -0.15) is 0 Å². The summed E-state index contributed by atoms with van der Waals surface area (Å²) >= 11 is 1.10. The Morgan fingerprint density at radius 2 is 1.57 bits per heavy atom. The monoisotopic (exact) mass is 442 g/mol. The topological polar surface area (TPSA) is 110 Å². The normalized spacial score (nSPS) is 13.3. The van der Waals surface area contributed by atoms with E-state index in [1.807, 2.05) is 0 Å². The molecule has 30 heavy (non-hydrogen) atoms. The molecule has 0 unspecified atom stereocenters. The van der Waals surface area contributed by atoms with E-state index >= 15 is 0 Å². The number of hydrogen-bond donors (Lipinski definition) is 1. The molecule has 4 rings (SSSR count). The molecule has 0 aliphatic carbocycles. The number of carbonyl (C=O) groups excluding carboxylic acids is 3. The minimum Gasteiger partial charge on any atom is -0.329 e. The summed E-state index contributed by atoms with van der Waals surface area (Å²) in [5, 5.41) is 2.12. The van der Waals surface area contributed by atoms with Gasteiger partial charge in [-0.25, -0.2) is 13.2 Å². The van der Waals surface area contributed by atoms with Gasteiger partial charge < -0.3 is 4.84 Å². The number of rotatable bonds is 6. The lowest BCUT2D eigenvalue weighted by molar-refractivity contribution is -0.167. The standard InChI is InChI=1S/C20H14N2O6S2/c23-17(28-22-19(24)15-4-1-2-5-16(15)20(22)25)12-13-7-9-14(10-8-13)21-30(26,27)18-6-3-11-29-18/h1-11,21H,12H2. The van der Waals surface area contributed by atoms with Crippen LogP contribution in [0.2, 0.25) is 0 Å². The van der Waals surface area contributed by atoms with Crippen LogP contribution in [0.1, 0.15) is 26.3 Å². The molecular weight excluding hydrogens is 428 g/mol. The summed E-state index contributed by atoms with van der Waals surface area (Å²) in [6.07, 6.45) is -0.203. The van der Waals surface area contributed by atoms with Gasteiger partial charge in [0.1, 0.15) is 4.21 Å². The third kappa shape index (κ3) is 3.82. The van der Waals surface area contributed by atoms with Crippen LogP contribution >= 0.6 is 11.3 Å². The smallest absolute Gasteiger partial charge is 0.329 e. The highest BCUT2D eigenvalue weighted by Gasteiger charge is 2.38. The maximum Gasteiger partial charge on any atom is 0.337 e. The van der Waals surface area contributed by atoms with E-state index in [0.717, 1.165) is 11.3 Å². The SMILES string of the molecule is O=C(Cc1ccc(NS(=O)(=O)c2cccs2)cc1)ON1C(=O)c2ccccc2C1=O. The fraction of sp³-hybridized carbons (Fsp3) is 0.0500. The number of hydrogen-bond acceptors (Lipinski definition) is 7. The zero-order valence-corrected chi connectivity index (χ0v) is 16.9. The molecule has 0 atom stereocenters. The first-order valence-electron chi connectivity index (χ1n) is 8.69. The Kier molecular flexibility index (Phi) is 5.10. The number of sulfonamides is 1. The van der Waals surface area contributed by atoms with E-state index in [4.69, 9.17) is 4.84 Å². The summed E-state index contributed by atoms with van der Waals surface area (Å²) < 4.78 is 27.1. The third-order valence-electron chi connectivity index (χ3n) is 4.26. The average Bonchev–Trinajstić information content (AvgIpc) is 3.35. The quantitative estimate of drug-likeness (QED) is 0.588. The minimum absolute atomic E-state index is 0.178. The van der Waals surface area contributed by atoms with Crippen molar-refractivity contribution in [2.45, 2.75) is 10.6 Å². The Morgan fingerprint density at radius 1 is 0.933 bits per heavy atom. The Hall–Kier alpha value is -3.50. The molecule has 0 radical (unpaired) electrons. The predicted molar refractivity (Wildman–Crippen MR) is 108 cm³/mol. The summed E-state index contributed by atoms with van der Waals surface area (Å²) in [6.45, 7) is 0. The number of carbonyl (C=O) groups is 3. The Balaban J connectivity index is 1.39. The van der Waals surface area contributed by atoms with Crippen LogP contribution < -0.4 is 4.72 Å². The van der Waals surface area contributed by atoms with Gasteiger partial charge in [-0.1, -0.05) is 35.4 Å². The number of fused-ring (bicyclic) bond motifs is 1. The molecule has 1 N–H and O–H groups in total. The molecule has 1 aliphatic rings. The van der Waals surface area contributed by atoms with Crippen LogP contribution in [0.25, 0.3) is 0 Å². The lowest BCUT2D eigenvalue weighted by Gasteiger charge is -2.13. The molecule has 152 valence electrons. The van der Waals surface area contributed by atoms with Gasteiger partial charge in [0.15, 0.2) is 0 Å². The van der Waals surface area contributed by atoms with Crippen LogP contribution in [0, 0.1) is 0 Å². The van der Waals surface area contributed by atoms with E-state index in [0.29, 0.717) is 16.3 Å². The van der Waals surface area contributed by atoms with Crippen LogP contribution in [0.3, 0.4) is 0 Å². The lowest BCUT2D eigenvalue weighted by Crippen LogP contribution is -2.33. The average molecular weight is 442 g/mol. The number of hydroxylamine groups is 2. The molecule has 1 aliphatic heterocycles. The van der Waals surface area contributed by atoms with Gasteiger partial charge in [0.05, 0.1) is 17.5 Å². The van der Waals surface area contributed by atoms with Crippen molar-refractivity contribution in [2.75, 3.05) is 4.72 Å². The zero-order valence-electron chi connectivity index (χ0n) is 15.3. The number of imide groups is 1. The van der Waals surface area contributed by atoms with Crippen molar-refractivity contribution in [3.63, 3.8) is 0 Å². The fourth-order valence-electron chi connectivity index (χ4n) is 2.86. The fourth-order valence-corrected chi connectivity index (χ4v) is 4.91. The second-order valence-corrected chi connectivity index (χ2v) is 9.18. The van der Waals surface area contributed by atoms with Crippen molar-refractivity contribution in [1.29, 1.82) is 0 Å². The minimum atomic E-state index is -3.66. The highest BCUT2D eigenvalue weighted by molar-refractivity contribution is 7.94. The van der Waals surface area contributed by atoms with E-state index in [1.54, 1.807) is 35.7 Å². The van der Waals surface area contributed by atoms with E-state index in [9.17, 15) is 22.8 Å². The van der Waals surface area contributed by atoms with Gasteiger partial charge in [0.25, 0.3) is 21.8 Å². The van der Waals surface area contributed by atoms with Crippen molar-refractivity contribution in [3.8, 4) is 0 Å². The summed E-state index contributed by atoms with van der Waals surface area (Å²) in [5.41, 5.74) is 1.21. The first-order chi connectivity index (χ1) is 14.3. The number of amides is 2. The van der Waals surface area contributed by atoms with Crippen molar-refractivity contribution in [1.82, 2.24) is 5.06 Å². The van der Waals surface area contributed by atoms with E-state index < -0.39 is 27.8 Å². The molecule has 3 aromatic rings. The molecular formula is C20H14N2O6S2. The van der Waals surface area contributed by atoms with Gasteiger partial charge in [0.2, 0.25) is 0 Å². The Labute approximate surface area is 175 Å². The molecule has 2 amide bonds. The highest BCUT2D eigenvalue weighted by atomic mass is 32.2. The highest BCUT2D eigenvalue weighted by Crippen LogP contribution is 2.23. The molecule has 0 bridgehead atoms. The molecule has 1 aromatic heterocycles. The van der Waals surface area contributed by atoms with Crippen LogP contribution in [-0.4, -0.2) is 31.3 Å². The number of thiophene rings is 1. The molecule has 0 saturated carbocycles. The molecule has 2 aromatic carbocycles. The van der Waals surface area contributed by atoms with Gasteiger partial charge >= 0.3 is 5.97 Å². The number of nitrogens with zero attached hydrogens (tertiary/aromatic N) is 1. The van der Waals surface area contributed by atoms with E-state index in [1.165, 1.54) is 30.3 Å². The van der Waals surface area contributed by atoms with Crippen molar-refractivity contribution in [2.24, 2.45) is 0 Å². The molecule has 2 heterocycles. The maximum atomic E-state index is 12.2. The lowest BCUT2D eigenvalue weighted by atomic mass is 10.1. The second kappa shape index (κ2) is 7.73. The van der Waals surface area contributed by atoms with Crippen LogP contribution in [0.4, 0.5) is 5.69 Å². The first kappa shape index (κ1) is 19.8. The van der Waals surface area contributed by atoms with Crippen LogP contribution in [0.5, 0.6) is 0 Å². The van der Waals surface area contributed by atoms with E-state index in [2.05, 4.69) is 4.72 Å². The molecule has 8 nitrogen and oxygen atoms in total. The van der Waals surface area contributed by atoms with E-state index in [-0.39, 0.29) is 21.8 Å². The molecule has 0 fully saturated rings. The summed E-state index contributed by atoms with van der Waals surface area (Å²) in [6, 6.07) is 15.5. The summed E-state index contributed by atoms with van der Waals surface area (Å²) in [5.74, 6) is -2.18. The Bertz CT molecular complexity index is 1200. The van der Waals surface area contributed by atoms with Crippen LogP contribution in [0.15, 0.2) is 70.3 Å². The molecule has 0 spiro atoms. The van der Waals surface area contributed by atoms with Gasteiger partial charge in [-0.05, 0) is 41.3 Å². The van der Waals surface area contributed by atoms with Gasteiger partial charge in [-0.15, -0.1) is 11.3 Å². The van der Waals surface area contributed by atoms with Gasteiger partial charge in [0, 0.05) is 5.69 Å². The second-order valence-electron chi connectivity index (χ2n) is 6.32. The predicted octanol–water partition coefficient (Wildman–Crippen LogP) is 2.85. The zero-order chi connectivity index (χ0) is 21.3. The maximum absolute atomic E-state index is 12.2. The number of anilines is 1. The van der Waals surface area contributed by atoms with Crippen LogP contribution in [-0.2, 0) is 26.1 Å². The Morgan fingerprint density at radius 3 is 2.13 bits per heavy atom. The first-order valence-corrected chi connectivity index (χ1v) is 11.1. The van der Waals surface area contributed by atoms with Crippen molar-refractivity contribution in [3.05, 3.63) is 82.7 Å². The van der Waals surface area contributed by atoms with Crippen molar-refractivity contribution < 1.29 is 27.6 Å². The summed E-state index contributed by atoms with van der Waals surface area (Å²) in [4.78, 5) is 41.6.